The molecule has 1 saturated heterocycles. The van der Waals surface area contributed by atoms with E-state index in [0.29, 0.717) is 12.6 Å². The first-order valence-electron chi connectivity index (χ1n) is 11.6. The Hall–Kier alpha value is -4.14. The number of imide groups is 1. The Morgan fingerprint density at radius 2 is 1.77 bits per heavy atom. The maximum atomic E-state index is 13.6. The van der Waals surface area contributed by atoms with Crippen LogP contribution < -0.4 is 9.64 Å². The maximum Gasteiger partial charge on any atom is 0.328 e. The number of hydrogen-bond donors (Lipinski definition) is 0. The molecule has 0 spiro atoms. The van der Waals surface area contributed by atoms with Gasteiger partial charge < -0.3 is 9.64 Å². The van der Waals surface area contributed by atoms with Gasteiger partial charge in [-0.2, -0.15) is 0 Å². The molecule has 0 N–H and O–H groups in total. The molecular weight excluding hydrogens is 446 g/mol. The highest BCUT2D eigenvalue weighted by atomic mass is 16.5. The van der Waals surface area contributed by atoms with Gasteiger partial charge in [0.25, 0.3) is 5.91 Å². The monoisotopic (exact) mass is 473 g/mol. The van der Waals surface area contributed by atoms with E-state index >= 15 is 0 Å². The summed E-state index contributed by atoms with van der Waals surface area (Å²) < 4.78 is 5.60. The third-order valence-electron chi connectivity index (χ3n) is 6.61. The van der Waals surface area contributed by atoms with Crippen LogP contribution in [-0.2, 0) is 9.59 Å². The van der Waals surface area contributed by atoms with Crippen molar-refractivity contribution in [3.05, 3.63) is 66.4 Å². The number of amides is 3. The average Bonchev–Trinajstić information content (AvgIpc) is 3.40. The number of likely N-dealkylation sites (N-methyl/N-ethyl adjacent to an activating group) is 1. The minimum Gasteiger partial charge on any atom is -0.494 e. The fourth-order valence-corrected chi connectivity index (χ4v) is 4.66. The predicted molar refractivity (Wildman–Crippen MR) is 132 cm³/mol. The van der Waals surface area contributed by atoms with E-state index in [2.05, 4.69) is 0 Å². The van der Waals surface area contributed by atoms with Crippen LogP contribution in [0.25, 0.3) is 5.70 Å². The lowest BCUT2D eigenvalue weighted by Crippen LogP contribution is -2.66. The Morgan fingerprint density at radius 3 is 2.40 bits per heavy atom. The summed E-state index contributed by atoms with van der Waals surface area (Å²) in [6, 6.07) is 15.4. The molecule has 3 atom stereocenters. The highest BCUT2D eigenvalue weighted by Gasteiger charge is 2.56. The molecule has 0 saturated carbocycles. The van der Waals surface area contributed by atoms with E-state index in [-0.39, 0.29) is 5.78 Å². The first-order valence-corrected chi connectivity index (χ1v) is 11.6. The zero-order valence-electron chi connectivity index (χ0n) is 20.1. The van der Waals surface area contributed by atoms with Crippen molar-refractivity contribution in [1.82, 2.24) is 14.7 Å². The van der Waals surface area contributed by atoms with Crippen LogP contribution in [0.5, 0.6) is 5.75 Å². The highest BCUT2D eigenvalue weighted by molar-refractivity contribution is 6.16. The van der Waals surface area contributed by atoms with E-state index in [1.165, 1.54) is 11.8 Å². The van der Waals surface area contributed by atoms with Gasteiger partial charge in [0.1, 0.15) is 5.75 Å². The summed E-state index contributed by atoms with van der Waals surface area (Å²) in [6.07, 6.45) is 1.20. The fourth-order valence-electron chi connectivity index (χ4n) is 4.66. The Morgan fingerprint density at radius 1 is 1.09 bits per heavy atom. The third kappa shape index (κ3) is 3.54. The number of guanidine groups is 1. The molecule has 3 heterocycles. The predicted octanol–water partition coefficient (Wildman–Crippen LogP) is 3.14. The van der Waals surface area contributed by atoms with Crippen LogP contribution in [0.4, 0.5) is 10.5 Å². The fraction of sp³-hybridized carbons (Fsp3) is 0.308. The molecule has 2 aromatic rings. The topological polar surface area (TPSA) is 85.8 Å². The zero-order chi connectivity index (χ0) is 24.9. The lowest BCUT2D eigenvalue weighted by Gasteiger charge is -2.41. The summed E-state index contributed by atoms with van der Waals surface area (Å²) in [5.41, 5.74) is 2.65. The van der Waals surface area contributed by atoms with Crippen LogP contribution in [0.2, 0.25) is 0 Å². The van der Waals surface area contributed by atoms with Gasteiger partial charge in [-0.05, 0) is 45.0 Å². The molecule has 2 aromatic carbocycles. The second-order valence-electron chi connectivity index (χ2n) is 8.73. The second kappa shape index (κ2) is 8.57. The van der Waals surface area contributed by atoms with Gasteiger partial charge in [0.05, 0.1) is 18.3 Å². The second-order valence-corrected chi connectivity index (χ2v) is 8.73. The van der Waals surface area contributed by atoms with Gasteiger partial charge in [0, 0.05) is 24.5 Å². The molecule has 3 amide bonds. The number of aliphatic imine (C=N–C) groups is 1. The van der Waals surface area contributed by atoms with Gasteiger partial charge in [0.2, 0.25) is 5.96 Å². The van der Waals surface area contributed by atoms with Gasteiger partial charge in [-0.1, -0.05) is 30.3 Å². The quantitative estimate of drug-likeness (QED) is 0.641. The van der Waals surface area contributed by atoms with Crippen molar-refractivity contribution in [2.24, 2.45) is 4.99 Å². The van der Waals surface area contributed by atoms with Crippen LogP contribution in [0, 0.1) is 0 Å². The van der Waals surface area contributed by atoms with Crippen LogP contribution in [-0.4, -0.2) is 70.3 Å². The first kappa shape index (κ1) is 22.6. The smallest absolute Gasteiger partial charge is 0.328 e. The molecular formula is C26H27N5O4. The number of urea groups is 1. The highest BCUT2D eigenvalue weighted by Crippen LogP contribution is 2.40. The number of benzene rings is 2. The number of carbonyl (C=O) groups excluding carboxylic acids is 3. The molecule has 1 fully saturated rings. The standard InChI is InChI=1S/C26H27N5O4/c1-5-35-20-13-11-19(12-14-20)31-21(18-9-7-6-8-10-18)15-29-22-23(27-25(29)31)28(4)26(34)30(24(22)33)16(2)17(3)32/h6-16,22-23H,5H2,1-4H3. The molecule has 3 aliphatic rings. The van der Waals surface area contributed by atoms with E-state index in [1.54, 1.807) is 14.0 Å². The minimum atomic E-state index is -0.857. The van der Waals surface area contributed by atoms with E-state index < -0.39 is 30.2 Å². The summed E-state index contributed by atoms with van der Waals surface area (Å²) in [7, 11) is 1.61. The van der Waals surface area contributed by atoms with Gasteiger partial charge in [-0.25, -0.2) is 9.79 Å². The van der Waals surface area contributed by atoms with Crippen molar-refractivity contribution >= 4 is 35.1 Å². The van der Waals surface area contributed by atoms with E-state index in [0.717, 1.165) is 27.6 Å². The number of hydrogen-bond acceptors (Lipinski definition) is 7. The van der Waals surface area contributed by atoms with Crippen molar-refractivity contribution in [3.8, 4) is 5.75 Å². The number of rotatable bonds is 6. The van der Waals surface area contributed by atoms with Crippen molar-refractivity contribution in [1.29, 1.82) is 0 Å². The summed E-state index contributed by atoms with van der Waals surface area (Å²) in [4.78, 5) is 49.8. The Labute approximate surface area is 203 Å². The first-order chi connectivity index (χ1) is 16.8. The normalized spacial score (nSPS) is 22.1. The summed E-state index contributed by atoms with van der Waals surface area (Å²) in [5, 5.41) is 0. The van der Waals surface area contributed by atoms with Crippen LogP contribution >= 0.6 is 0 Å². The Kier molecular flexibility index (Phi) is 5.55. The molecule has 180 valence electrons. The minimum absolute atomic E-state index is 0.254. The van der Waals surface area contributed by atoms with Crippen LogP contribution in [0.15, 0.2) is 65.8 Å². The van der Waals surface area contributed by atoms with Crippen molar-refractivity contribution in [2.75, 3.05) is 18.6 Å². The third-order valence-corrected chi connectivity index (χ3v) is 6.61. The number of ketones is 1. The molecule has 0 aliphatic carbocycles. The Bertz CT molecular complexity index is 1240. The molecule has 3 unspecified atom stereocenters. The largest absolute Gasteiger partial charge is 0.494 e. The number of anilines is 1. The SMILES string of the molecule is CCOc1ccc(N2C(c3ccccc3)=CN3C2=NC2C3C(=O)N(C(C)C(C)=O)C(=O)N2C)cc1. The van der Waals surface area contributed by atoms with Crippen LogP contribution in [0.3, 0.4) is 0 Å². The van der Waals surface area contributed by atoms with E-state index in [9.17, 15) is 14.4 Å². The maximum absolute atomic E-state index is 13.6. The van der Waals surface area contributed by atoms with E-state index in [4.69, 9.17) is 9.73 Å². The van der Waals surface area contributed by atoms with Crippen molar-refractivity contribution in [3.63, 3.8) is 0 Å². The molecule has 0 radical (unpaired) electrons. The molecule has 5 rings (SSSR count). The number of ether oxygens (including phenoxy) is 1. The van der Waals surface area contributed by atoms with Crippen molar-refractivity contribution < 1.29 is 19.1 Å². The molecule has 3 aliphatic heterocycles. The molecule has 9 nitrogen and oxygen atoms in total. The number of carbonyl (C=O) groups is 3. The van der Waals surface area contributed by atoms with Gasteiger partial charge >= 0.3 is 6.03 Å². The lowest BCUT2D eigenvalue weighted by atomic mass is 10.1. The summed E-state index contributed by atoms with van der Waals surface area (Å²) in [6.45, 7) is 5.46. The van der Waals surface area contributed by atoms with Crippen LogP contribution in [0.1, 0.15) is 26.3 Å². The summed E-state index contributed by atoms with van der Waals surface area (Å²) >= 11 is 0. The molecule has 0 bridgehead atoms. The Balaban J connectivity index is 1.59. The molecule has 35 heavy (non-hydrogen) atoms. The summed E-state index contributed by atoms with van der Waals surface area (Å²) in [5.74, 6) is 0.620. The van der Waals surface area contributed by atoms with E-state index in [1.807, 2.05) is 77.5 Å². The molecule has 9 heteroatoms. The van der Waals surface area contributed by atoms with Crippen molar-refractivity contribution in [2.45, 2.75) is 39.0 Å². The van der Waals surface area contributed by atoms with Gasteiger partial charge in [-0.15, -0.1) is 0 Å². The average molecular weight is 474 g/mol. The number of nitrogens with zero attached hydrogens (tertiary/aromatic N) is 5. The number of Topliss-reactive ketones (excluding diaryl/α,β-unsaturated/α-hetero) is 1. The van der Waals surface area contributed by atoms with Gasteiger partial charge in [-0.3, -0.25) is 24.3 Å². The zero-order valence-corrected chi connectivity index (χ0v) is 20.1. The molecule has 0 aromatic heterocycles. The lowest BCUT2D eigenvalue weighted by molar-refractivity contribution is -0.142. The number of fused-ring (bicyclic) bond motifs is 3. The van der Waals surface area contributed by atoms with Gasteiger partial charge in [0.15, 0.2) is 18.0 Å².